The Bertz CT molecular complexity index is 366. The Morgan fingerprint density at radius 3 is 1.72 bits per heavy atom. The van der Waals surface area contributed by atoms with E-state index >= 15 is 0 Å². The van der Waals surface area contributed by atoms with Gasteiger partial charge in [-0.3, -0.25) is 4.79 Å². The zero-order valence-corrected chi connectivity index (χ0v) is 16.7. The standard InChI is InChI=1S/C23H40O2/c1-3-4-5-6-7-8-9-10-11-12-13-14-15-16-17-18-19-20-21-22-23(24)25-2/h4-5,7-8,10-11H,3,6,9,12-22H2,1-2H3/b5-4+,8-7-,11-10-. The van der Waals surface area contributed by atoms with Crippen molar-refractivity contribution in [2.45, 2.75) is 96.8 Å². The van der Waals surface area contributed by atoms with Gasteiger partial charge in [0, 0.05) is 6.42 Å². The van der Waals surface area contributed by atoms with Gasteiger partial charge in [-0.05, 0) is 38.5 Å². The molecule has 0 bridgehead atoms. The minimum atomic E-state index is -0.0748. The van der Waals surface area contributed by atoms with Gasteiger partial charge in [0.1, 0.15) is 0 Å². The quantitative estimate of drug-likeness (QED) is 0.156. The van der Waals surface area contributed by atoms with Gasteiger partial charge in [0.15, 0.2) is 0 Å². The van der Waals surface area contributed by atoms with E-state index in [9.17, 15) is 4.79 Å². The largest absolute Gasteiger partial charge is 0.469 e. The van der Waals surface area contributed by atoms with Crippen molar-refractivity contribution in [1.82, 2.24) is 0 Å². The summed E-state index contributed by atoms with van der Waals surface area (Å²) in [6.45, 7) is 2.17. The van der Waals surface area contributed by atoms with E-state index in [1.807, 2.05) is 0 Å². The summed E-state index contributed by atoms with van der Waals surface area (Å²) in [5.41, 5.74) is 0. The first-order valence-electron chi connectivity index (χ1n) is 10.3. The molecular weight excluding hydrogens is 308 g/mol. The van der Waals surface area contributed by atoms with Crippen LogP contribution in [0.25, 0.3) is 0 Å². The Balaban J connectivity index is 3.19. The summed E-state index contributed by atoms with van der Waals surface area (Å²) in [6.07, 6.45) is 30.0. The molecule has 0 radical (unpaired) electrons. The molecule has 0 aliphatic rings. The van der Waals surface area contributed by atoms with Gasteiger partial charge in [-0.1, -0.05) is 88.3 Å². The van der Waals surface area contributed by atoms with E-state index in [0.717, 1.165) is 32.1 Å². The molecule has 0 saturated heterocycles. The molecule has 2 nitrogen and oxygen atoms in total. The van der Waals surface area contributed by atoms with Crippen LogP contribution in [0, 0.1) is 0 Å². The summed E-state index contributed by atoms with van der Waals surface area (Å²) in [6, 6.07) is 0. The lowest BCUT2D eigenvalue weighted by Crippen LogP contribution is -1.99. The second-order valence-corrected chi connectivity index (χ2v) is 6.59. The summed E-state index contributed by atoms with van der Waals surface area (Å²) in [5.74, 6) is -0.0748. The fourth-order valence-electron chi connectivity index (χ4n) is 2.70. The van der Waals surface area contributed by atoms with Gasteiger partial charge in [-0.2, -0.15) is 0 Å². The van der Waals surface area contributed by atoms with E-state index in [0.29, 0.717) is 6.42 Å². The topological polar surface area (TPSA) is 26.3 Å². The molecule has 0 unspecified atom stereocenters. The molecule has 0 fully saturated rings. The molecule has 0 aliphatic carbocycles. The molecular formula is C23H40O2. The second-order valence-electron chi connectivity index (χ2n) is 6.59. The summed E-state index contributed by atoms with van der Waals surface area (Å²) < 4.78 is 4.64. The Morgan fingerprint density at radius 1 is 0.680 bits per heavy atom. The molecule has 0 rings (SSSR count). The number of esters is 1. The number of allylic oxidation sites excluding steroid dienone is 6. The maximum absolute atomic E-state index is 11.0. The van der Waals surface area contributed by atoms with Gasteiger partial charge in [0.2, 0.25) is 0 Å². The zero-order chi connectivity index (χ0) is 18.4. The van der Waals surface area contributed by atoms with Crippen molar-refractivity contribution < 1.29 is 9.53 Å². The Labute approximate surface area is 156 Å². The number of hydrogen-bond acceptors (Lipinski definition) is 2. The van der Waals surface area contributed by atoms with Crippen LogP contribution in [0.1, 0.15) is 96.8 Å². The number of carbonyl (C=O) groups is 1. The van der Waals surface area contributed by atoms with Crippen molar-refractivity contribution in [3.63, 3.8) is 0 Å². The fourth-order valence-corrected chi connectivity index (χ4v) is 2.70. The Morgan fingerprint density at radius 2 is 1.16 bits per heavy atom. The number of hydrogen-bond donors (Lipinski definition) is 0. The van der Waals surface area contributed by atoms with Gasteiger partial charge < -0.3 is 4.74 Å². The van der Waals surface area contributed by atoms with Crippen molar-refractivity contribution in [3.8, 4) is 0 Å². The molecule has 0 N–H and O–H groups in total. The summed E-state index contributed by atoms with van der Waals surface area (Å²) in [5, 5.41) is 0. The summed E-state index contributed by atoms with van der Waals surface area (Å²) >= 11 is 0. The zero-order valence-electron chi connectivity index (χ0n) is 16.7. The molecule has 25 heavy (non-hydrogen) atoms. The van der Waals surface area contributed by atoms with Crippen molar-refractivity contribution in [3.05, 3.63) is 36.5 Å². The normalized spacial score (nSPS) is 11.9. The first kappa shape index (κ1) is 23.7. The van der Waals surface area contributed by atoms with Crippen LogP contribution in [0.2, 0.25) is 0 Å². The van der Waals surface area contributed by atoms with E-state index in [4.69, 9.17) is 0 Å². The number of methoxy groups -OCH3 is 1. The monoisotopic (exact) mass is 348 g/mol. The average Bonchev–Trinajstić information content (AvgIpc) is 2.63. The van der Waals surface area contributed by atoms with Gasteiger partial charge in [-0.25, -0.2) is 0 Å². The fraction of sp³-hybridized carbons (Fsp3) is 0.696. The molecule has 0 atom stereocenters. The van der Waals surface area contributed by atoms with Crippen LogP contribution in [0.3, 0.4) is 0 Å². The first-order valence-corrected chi connectivity index (χ1v) is 10.3. The summed E-state index contributed by atoms with van der Waals surface area (Å²) in [4.78, 5) is 11.0. The highest BCUT2D eigenvalue weighted by molar-refractivity contribution is 5.68. The maximum atomic E-state index is 11.0. The molecule has 0 heterocycles. The Hall–Kier alpha value is -1.31. The maximum Gasteiger partial charge on any atom is 0.305 e. The van der Waals surface area contributed by atoms with Crippen LogP contribution in [-0.4, -0.2) is 13.1 Å². The lowest BCUT2D eigenvalue weighted by molar-refractivity contribution is -0.140. The number of rotatable bonds is 17. The van der Waals surface area contributed by atoms with Gasteiger partial charge in [0.05, 0.1) is 7.11 Å². The van der Waals surface area contributed by atoms with Crippen molar-refractivity contribution in [1.29, 1.82) is 0 Å². The first-order chi connectivity index (χ1) is 12.3. The second kappa shape index (κ2) is 20.7. The van der Waals surface area contributed by atoms with Crippen LogP contribution >= 0.6 is 0 Å². The third-order valence-electron chi connectivity index (χ3n) is 4.26. The predicted octanol–water partition coefficient (Wildman–Crippen LogP) is 7.31. The molecule has 0 saturated carbocycles. The predicted molar refractivity (Wildman–Crippen MR) is 110 cm³/mol. The van der Waals surface area contributed by atoms with Crippen molar-refractivity contribution in [2.24, 2.45) is 0 Å². The SMILES string of the molecule is CC/C=C/C/C=C\C/C=C\CCCCCCCCCCCC(=O)OC. The molecule has 0 spiro atoms. The van der Waals surface area contributed by atoms with E-state index < -0.39 is 0 Å². The van der Waals surface area contributed by atoms with Crippen molar-refractivity contribution >= 4 is 5.97 Å². The van der Waals surface area contributed by atoms with Crippen LogP contribution < -0.4 is 0 Å². The van der Waals surface area contributed by atoms with E-state index in [1.165, 1.54) is 58.5 Å². The van der Waals surface area contributed by atoms with Crippen LogP contribution in [0.4, 0.5) is 0 Å². The van der Waals surface area contributed by atoms with Gasteiger partial charge in [0.25, 0.3) is 0 Å². The van der Waals surface area contributed by atoms with E-state index in [1.54, 1.807) is 0 Å². The molecule has 0 aromatic rings. The highest BCUT2D eigenvalue weighted by atomic mass is 16.5. The minimum absolute atomic E-state index is 0.0748. The van der Waals surface area contributed by atoms with E-state index in [-0.39, 0.29) is 5.97 Å². The van der Waals surface area contributed by atoms with E-state index in [2.05, 4.69) is 48.1 Å². The summed E-state index contributed by atoms with van der Waals surface area (Å²) in [7, 11) is 1.46. The molecule has 0 aromatic heterocycles. The molecule has 2 heteroatoms. The van der Waals surface area contributed by atoms with Gasteiger partial charge in [-0.15, -0.1) is 0 Å². The Kier molecular flexibility index (Phi) is 19.6. The molecule has 0 amide bonds. The van der Waals surface area contributed by atoms with Gasteiger partial charge >= 0.3 is 5.97 Å². The van der Waals surface area contributed by atoms with Crippen LogP contribution in [0.5, 0.6) is 0 Å². The molecule has 0 aromatic carbocycles. The number of unbranched alkanes of at least 4 members (excludes halogenated alkanes) is 9. The third kappa shape index (κ3) is 20.6. The van der Waals surface area contributed by atoms with Crippen LogP contribution in [0.15, 0.2) is 36.5 Å². The highest BCUT2D eigenvalue weighted by Gasteiger charge is 1.98. The molecule has 0 aliphatic heterocycles. The van der Waals surface area contributed by atoms with Crippen LogP contribution in [-0.2, 0) is 9.53 Å². The van der Waals surface area contributed by atoms with Crippen molar-refractivity contribution in [2.75, 3.05) is 7.11 Å². The smallest absolute Gasteiger partial charge is 0.305 e. The third-order valence-corrected chi connectivity index (χ3v) is 4.26. The molecule has 144 valence electrons. The lowest BCUT2D eigenvalue weighted by atomic mass is 10.1. The highest BCUT2D eigenvalue weighted by Crippen LogP contribution is 2.11. The number of carbonyl (C=O) groups excluding carboxylic acids is 1. The number of ether oxygens (including phenoxy) is 1. The minimum Gasteiger partial charge on any atom is -0.469 e. The average molecular weight is 349 g/mol. The lowest BCUT2D eigenvalue weighted by Gasteiger charge is -2.02.